The molecule has 0 aliphatic heterocycles. The van der Waals surface area contributed by atoms with Gasteiger partial charge in [0.15, 0.2) is 11.5 Å². The topological polar surface area (TPSA) is 72.2 Å². The molecule has 2 heterocycles. The van der Waals surface area contributed by atoms with Crippen LogP contribution in [-0.4, -0.2) is 25.5 Å². The minimum absolute atomic E-state index is 0.0150. The van der Waals surface area contributed by atoms with Crippen molar-refractivity contribution in [1.29, 1.82) is 0 Å². The van der Waals surface area contributed by atoms with Gasteiger partial charge in [-0.25, -0.2) is 18.9 Å². The van der Waals surface area contributed by atoms with Crippen LogP contribution in [0, 0.1) is 11.7 Å². The summed E-state index contributed by atoms with van der Waals surface area (Å²) >= 11 is 0. The lowest BCUT2D eigenvalue weighted by atomic mass is 9.93. The van der Waals surface area contributed by atoms with Gasteiger partial charge in [0.05, 0.1) is 11.7 Å². The Balaban J connectivity index is 1.53. The molecule has 2 aromatic heterocycles. The molecule has 27 heavy (non-hydrogen) atoms. The van der Waals surface area contributed by atoms with E-state index in [1.54, 1.807) is 29.0 Å². The van der Waals surface area contributed by atoms with Gasteiger partial charge in [0.25, 0.3) is 0 Å². The molecule has 4 rings (SSSR count). The van der Waals surface area contributed by atoms with E-state index >= 15 is 0 Å². The number of carbonyl (C=O) groups is 1. The van der Waals surface area contributed by atoms with E-state index in [4.69, 9.17) is 0 Å². The highest BCUT2D eigenvalue weighted by Crippen LogP contribution is 2.21. The smallest absolute Gasteiger partial charge is 0.224 e. The first-order valence-corrected chi connectivity index (χ1v) is 9.04. The lowest BCUT2D eigenvalue weighted by molar-refractivity contribution is -0.125. The number of rotatable bonds is 4. The molecule has 1 N–H and O–H groups in total. The molecule has 0 spiro atoms. The van der Waals surface area contributed by atoms with E-state index in [1.165, 1.54) is 12.1 Å². The highest BCUT2D eigenvalue weighted by atomic mass is 19.1. The van der Waals surface area contributed by atoms with Gasteiger partial charge in [-0.05, 0) is 50.5 Å². The summed E-state index contributed by atoms with van der Waals surface area (Å²) in [4.78, 5) is 21.3. The van der Waals surface area contributed by atoms with E-state index in [2.05, 4.69) is 32.5 Å². The van der Waals surface area contributed by atoms with Crippen molar-refractivity contribution in [1.82, 2.24) is 24.9 Å². The van der Waals surface area contributed by atoms with Gasteiger partial charge in [-0.2, -0.15) is 0 Å². The van der Waals surface area contributed by atoms with Crippen LogP contribution in [0.3, 0.4) is 0 Å². The summed E-state index contributed by atoms with van der Waals surface area (Å²) in [6.45, 7) is 1.87. The van der Waals surface area contributed by atoms with Crippen molar-refractivity contribution in [3.8, 4) is 11.3 Å². The molecular formula is C20H20FN5O. The Kier molecular flexibility index (Phi) is 4.66. The van der Waals surface area contributed by atoms with Gasteiger partial charge >= 0.3 is 0 Å². The Morgan fingerprint density at radius 3 is 2.85 bits per heavy atom. The maximum atomic E-state index is 13.1. The van der Waals surface area contributed by atoms with Gasteiger partial charge in [-0.3, -0.25) is 4.79 Å². The molecule has 0 bridgehead atoms. The normalized spacial score (nSPS) is 17.8. The zero-order chi connectivity index (χ0) is 18.8. The van der Waals surface area contributed by atoms with Crippen LogP contribution >= 0.6 is 0 Å². The maximum absolute atomic E-state index is 13.1. The predicted octanol–water partition coefficient (Wildman–Crippen LogP) is 3.46. The number of halogens is 1. The van der Waals surface area contributed by atoms with Crippen LogP contribution in [0.15, 0.2) is 48.8 Å². The lowest BCUT2D eigenvalue weighted by Crippen LogP contribution is -2.33. The van der Waals surface area contributed by atoms with Crippen molar-refractivity contribution in [2.45, 2.75) is 32.2 Å². The Bertz CT molecular complexity index is 995. The summed E-state index contributed by atoms with van der Waals surface area (Å²) < 4.78 is 14.7. The Morgan fingerprint density at radius 2 is 2.11 bits per heavy atom. The maximum Gasteiger partial charge on any atom is 0.224 e. The predicted molar refractivity (Wildman–Crippen MR) is 99.2 cm³/mol. The first kappa shape index (κ1) is 17.3. The van der Waals surface area contributed by atoms with E-state index in [0.717, 1.165) is 24.8 Å². The Labute approximate surface area is 156 Å². The van der Waals surface area contributed by atoms with E-state index < -0.39 is 0 Å². The summed E-state index contributed by atoms with van der Waals surface area (Å²) in [5.41, 5.74) is 2.11. The van der Waals surface area contributed by atoms with Crippen LogP contribution in [0.4, 0.5) is 4.39 Å². The van der Waals surface area contributed by atoms with Gasteiger partial charge in [0.1, 0.15) is 12.1 Å². The zero-order valence-electron chi connectivity index (χ0n) is 15.0. The largest absolute Gasteiger partial charge is 0.346 e. The monoisotopic (exact) mass is 365 g/mol. The molecule has 7 heteroatoms. The standard InChI is InChI=1S/C20H20FN5O/c1-13(23-20(27)15-5-3-2-4-6-15)19-24-18-11-17(22-12-26(18)25-19)14-7-9-16(21)10-8-14/h2-3,7-13,15H,4-6H2,1H3,(H,23,27)/t13-,15-/m0/s1. The van der Waals surface area contributed by atoms with E-state index in [1.807, 2.05) is 6.92 Å². The van der Waals surface area contributed by atoms with Crippen molar-refractivity contribution in [3.63, 3.8) is 0 Å². The van der Waals surface area contributed by atoms with Crippen molar-refractivity contribution < 1.29 is 9.18 Å². The van der Waals surface area contributed by atoms with Crippen LogP contribution in [0.1, 0.15) is 38.1 Å². The second-order valence-corrected chi connectivity index (χ2v) is 6.77. The summed E-state index contributed by atoms with van der Waals surface area (Å²) in [5.74, 6) is 0.299. The number of amides is 1. The third-order valence-corrected chi connectivity index (χ3v) is 4.77. The molecule has 0 fully saturated rings. The number of hydrogen-bond donors (Lipinski definition) is 1. The van der Waals surface area contributed by atoms with Gasteiger partial charge in [0, 0.05) is 17.5 Å². The fourth-order valence-corrected chi connectivity index (χ4v) is 3.20. The molecule has 2 atom stereocenters. The first-order valence-electron chi connectivity index (χ1n) is 9.04. The number of aromatic nitrogens is 4. The van der Waals surface area contributed by atoms with Crippen LogP contribution < -0.4 is 5.32 Å². The summed E-state index contributed by atoms with van der Waals surface area (Å²) in [7, 11) is 0. The zero-order valence-corrected chi connectivity index (χ0v) is 15.0. The number of carbonyl (C=O) groups excluding carboxylic acids is 1. The summed E-state index contributed by atoms with van der Waals surface area (Å²) in [5, 5.41) is 7.42. The molecular weight excluding hydrogens is 345 g/mol. The Morgan fingerprint density at radius 1 is 1.30 bits per heavy atom. The Hall–Kier alpha value is -3.09. The van der Waals surface area contributed by atoms with E-state index in [0.29, 0.717) is 17.2 Å². The molecule has 1 aromatic carbocycles. The second kappa shape index (κ2) is 7.26. The number of allylic oxidation sites excluding steroid dienone is 2. The van der Waals surface area contributed by atoms with Gasteiger partial charge in [-0.1, -0.05) is 12.2 Å². The van der Waals surface area contributed by atoms with Crippen molar-refractivity contribution >= 4 is 11.6 Å². The second-order valence-electron chi connectivity index (χ2n) is 6.77. The fraction of sp³-hybridized carbons (Fsp3) is 0.300. The first-order chi connectivity index (χ1) is 13.1. The van der Waals surface area contributed by atoms with Gasteiger partial charge in [0.2, 0.25) is 5.91 Å². The van der Waals surface area contributed by atoms with Crippen LogP contribution in [0.5, 0.6) is 0 Å². The number of benzene rings is 1. The molecule has 3 aromatic rings. The van der Waals surface area contributed by atoms with Crippen molar-refractivity contribution in [2.24, 2.45) is 5.92 Å². The summed E-state index contributed by atoms with van der Waals surface area (Å²) in [6.07, 6.45) is 8.34. The molecule has 0 unspecified atom stereocenters. The highest BCUT2D eigenvalue weighted by Gasteiger charge is 2.22. The minimum Gasteiger partial charge on any atom is -0.346 e. The average molecular weight is 365 g/mol. The lowest BCUT2D eigenvalue weighted by Gasteiger charge is -2.19. The molecule has 1 aliphatic rings. The molecule has 138 valence electrons. The van der Waals surface area contributed by atoms with E-state index in [-0.39, 0.29) is 23.7 Å². The molecule has 1 amide bonds. The quantitative estimate of drug-likeness (QED) is 0.719. The number of hydrogen-bond acceptors (Lipinski definition) is 4. The van der Waals surface area contributed by atoms with Gasteiger partial charge in [-0.15, -0.1) is 5.10 Å². The SMILES string of the molecule is C[C@H](NC(=O)[C@H]1CC=CCC1)c1nc2cc(-c3ccc(F)cc3)ncn2n1. The number of nitrogens with zero attached hydrogens (tertiary/aromatic N) is 4. The van der Waals surface area contributed by atoms with E-state index in [9.17, 15) is 9.18 Å². The minimum atomic E-state index is -0.294. The molecule has 0 saturated heterocycles. The molecule has 1 aliphatic carbocycles. The van der Waals surface area contributed by atoms with Gasteiger partial charge < -0.3 is 5.32 Å². The van der Waals surface area contributed by atoms with Crippen molar-refractivity contribution in [3.05, 3.63) is 60.5 Å². The number of fused-ring (bicyclic) bond motifs is 1. The molecule has 0 radical (unpaired) electrons. The fourth-order valence-electron chi connectivity index (χ4n) is 3.20. The van der Waals surface area contributed by atoms with Crippen LogP contribution in [-0.2, 0) is 4.79 Å². The van der Waals surface area contributed by atoms with Crippen molar-refractivity contribution in [2.75, 3.05) is 0 Å². The number of nitrogens with one attached hydrogen (secondary N) is 1. The summed E-state index contributed by atoms with van der Waals surface area (Å²) in [6, 6.07) is 7.64. The average Bonchev–Trinajstić information content (AvgIpc) is 3.13. The molecule has 0 saturated carbocycles. The van der Waals surface area contributed by atoms with Crippen LogP contribution in [0.25, 0.3) is 16.9 Å². The van der Waals surface area contributed by atoms with Crippen LogP contribution in [0.2, 0.25) is 0 Å². The molecule has 6 nitrogen and oxygen atoms in total. The third kappa shape index (κ3) is 3.72. The highest BCUT2D eigenvalue weighted by molar-refractivity contribution is 5.79. The third-order valence-electron chi connectivity index (χ3n) is 4.77.